The Kier molecular flexibility index (Phi) is 9.84. The predicted molar refractivity (Wildman–Crippen MR) is 127 cm³/mol. The first-order valence-electron chi connectivity index (χ1n) is 11.3. The van der Waals surface area contributed by atoms with Gasteiger partial charge in [-0.2, -0.15) is 0 Å². The molecule has 0 atom stereocenters. The molecule has 1 aliphatic rings. The van der Waals surface area contributed by atoms with E-state index in [2.05, 4.69) is 31.9 Å². The summed E-state index contributed by atoms with van der Waals surface area (Å²) in [6.07, 6.45) is 0. The molecule has 6 N–H and O–H groups in total. The van der Waals surface area contributed by atoms with Crippen LogP contribution in [0.5, 0.6) is 0 Å². The summed E-state index contributed by atoms with van der Waals surface area (Å²) in [7, 11) is 0. The van der Waals surface area contributed by atoms with Crippen molar-refractivity contribution in [2.75, 3.05) is 52.4 Å². The molecule has 9 nitrogen and oxygen atoms in total. The SMILES string of the molecule is O=C1NCCNCCNC(=O)c2ccccc2C(=O)NCCNCCNCc2ccccc21. The highest BCUT2D eigenvalue weighted by atomic mass is 16.2. The lowest BCUT2D eigenvalue weighted by Crippen LogP contribution is -2.38. The molecule has 0 aliphatic carbocycles. The monoisotopic (exact) mass is 452 g/mol. The van der Waals surface area contributed by atoms with E-state index in [1.165, 1.54) is 0 Å². The van der Waals surface area contributed by atoms with Crippen LogP contribution in [-0.2, 0) is 6.54 Å². The summed E-state index contributed by atoms with van der Waals surface area (Å²) in [6, 6.07) is 14.3. The third-order valence-electron chi connectivity index (χ3n) is 5.23. The number of fused-ring (bicyclic) bond motifs is 2. The van der Waals surface area contributed by atoms with Gasteiger partial charge in [0.15, 0.2) is 0 Å². The maximum atomic E-state index is 12.6. The number of nitrogens with one attached hydrogen (secondary N) is 6. The first kappa shape index (κ1) is 24.4. The van der Waals surface area contributed by atoms with E-state index in [1.54, 1.807) is 24.3 Å². The molecule has 0 saturated heterocycles. The zero-order valence-electron chi connectivity index (χ0n) is 18.7. The summed E-state index contributed by atoms with van der Waals surface area (Å²) in [6.45, 7) is 5.08. The third-order valence-corrected chi connectivity index (χ3v) is 5.23. The number of benzene rings is 2. The molecule has 1 aliphatic heterocycles. The Bertz CT molecular complexity index is 949. The van der Waals surface area contributed by atoms with E-state index in [0.717, 1.165) is 18.7 Å². The van der Waals surface area contributed by atoms with Crippen LogP contribution < -0.4 is 31.9 Å². The van der Waals surface area contributed by atoms with Gasteiger partial charge in [-0.3, -0.25) is 14.4 Å². The van der Waals surface area contributed by atoms with Crippen molar-refractivity contribution in [2.24, 2.45) is 0 Å². The van der Waals surface area contributed by atoms with Crippen molar-refractivity contribution in [2.45, 2.75) is 6.54 Å². The minimum atomic E-state index is -0.293. The molecule has 0 fully saturated rings. The Hall–Kier alpha value is -3.27. The normalized spacial score (nSPS) is 17.8. The topological polar surface area (TPSA) is 123 Å². The predicted octanol–water partition coefficient (Wildman–Crippen LogP) is -0.141. The van der Waals surface area contributed by atoms with Crippen LogP contribution in [0.25, 0.3) is 0 Å². The zero-order valence-corrected chi connectivity index (χ0v) is 18.7. The van der Waals surface area contributed by atoms with Crippen LogP contribution in [-0.4, -0.2) is 70.1 Å². The Morgan fingerprint density at radius 3 is 1.39 bits per heavy atom. The molecule has 9 heteroatoms. The third kappa shape index (κ3) is 7.67. The van der Waals surface area contributed by atoms with Crippen molar-refractivity contribution >= 4 is 17.7 Å². The zero-order chi connectivity index (χ0) is 23.3. The van der Waals surface area contributed by atoms with Gasteiger partial charge < -0.3 is 31.9 Å². The molecule has 3 rings (SSSR count). The van der Waals surface area contributed by atoms with E-state index in [-0.39, 0.29) is 17.7 Å². The molecule has 0 unspecified atom stereocenters. The molecule has 0 radical (unpaired) electrons. The van der Waals surface area contributed by atoms with Crippen molar-refractivity contribution in [1.29, 1.82) is 0 Å². The summed E-state index contributed by atoms with van der Waals surface area (Å²) in [5.74, 6) is -0.665. The highest BCUT2D eigenvalue weighted by Crippen LogP contribution is 2.09. The van der Waals surface area contributed by atoms with Crippen LogP contribution in [0, 0.1) is 0 Å². The van der Waals surface area contributed by atoms with Crippen LogP contribution in [0.15, 0.2) is 48.5 Å². The van der Waals surface area contributed by atoms with Gasteiger partial charge in [-0.1, -0.05) is 30.3 Å². The molecule has 0 bridgehead atoms. The van der Waals surface area contributed by atoms with Crippen molar-refractivity contribution in [3.63, 3.8) is 0 Å². The van der Waals surface area contributed by atoms with Gasteiger partial charge in [0.2, 0.25) is 0 Å². The van der Waals surface area contributed by atoms with Crippen LogP contribution in [0.2, 0.25) is 0 Å². The number of hydrogen-bond acceptors (Lipinski definition) is 6. The fourth-order valence-electron chi connectivity index (χ4n) is 3.50. The molecule has 2 aromatic rings. The average molecular weight is 453 g/mol. The summed E-state index contributed by atoms with van der Waals surface area (Å²) in [5, 5.41) is 18.4. The first-order chi connectivity index (χ1) is 16.2. The fourth-order valence-corrected chi connectivity index (χ4v) is 3.50. The van der Waals surface area contributed by atoms with Gasteiger partial charge in [0, 0.05) is 64.5 Å². The summed E-state index contributed by atoms with van der Waals surface area (Å²) < 4.78 is 0. The number of carbonyl (C=O) groups is 3. The van der Waals surface area contributed by atoms with E-state index in [1.807, 2.05) is 24.3 Å². The molecule has 0 spiro atoms. The fraction of sp³-hybridized carbons (Fsp3) is 0.375. The van der Waals surface area contributed by atoms with Gasteiger partial charge in [0.25, 0.3) is 17.7 Å². The van der Waals surface area contributed by atoms with Gasteiger partial charge >= 0.3 is 0 Å². The standard InChI is InChI=1S/C24H32N6O3/c31-22-19-6-2-1-5-18(19)17-27-10-9-25-11-15-29-23(32)20-7-3-4-8-21(20)24(33)30-16-13-26-12-14-28-22/h1-8,25-27H,9-17H2,(H,28,31)(H,29,32)(H,30,33). The molecule has 176 valence electrons. The first-order valence-corrected chi connectivity index (χ1v) is 11.3. The van der Waals surface area contributed by atoms with E-state index >= 15 is 0 Å². The number of rotatable bonds is 0. The van der Waals surface area contributed by atoms with E-state index in [9.17, 15) is 14.4 Å². The van der Waals surface area contributed by atoms with Crippen LogP contribution >= 0.6 is 0 Å². The lowest BCUT2D eigenvalue weighted by molar-refractivity contribution is 0.0919. The number of carbonyl (C=O) groups excluding carboxylic acids is 3. The molecule has 2 aromatic carbocycles. The Morgan fingerprint density at radius 1 is 0.455 bits per heavy atom. The van der Waals surface area contributed by atoms with Crippen molar-refractivity contribution < 1.29 is 14.4 Å². The molecule has 33 heavy (non-hydrogen) atoms. The highest BCUT2D eigenvalue weighted by Gasteiger charge is 2.16. The number of hydrogen-bond donors (Lipinski definition) is 6. The molecule has 0 aromatic heterocycles. The second-order valence-corrected chi connectivity index (χ2v) is 7.65. The average Bonchev–Trinajstić information content (AvgIpc) is 2.84. The summed E-state index contributed by atoms with van der Waals surface area (Å²) >= 11 is 0. The van der Waals surface area contributed by atoms with Gasteiger partial charge in [0.1, 0.15) is 0 Å². The highest BCUT2D eigenvalue weighted by molar-refractivity contribution is 6.07. The minimum Gasteiger partial charge on any atom is -0.351 e. The largest absolute Gasteiger partial charge is 0.351 e. The quantitative estimate of drug-likeness (QED) is 0.331. The van der Waals surface area contributed by atoms with Gasteiger partial charge in [-0.05, 0) is 23.8 Å². The van der Waals surface area contributed by atoms with Gasteiger partial charge in [0.05, 0.1) is 11.1 Å². The van der Waals surface area contributed by atoms with E-state index < -0.39 is 0 Å². The van der Waals surface area contributed by atoms with E-state index in [4.69, 9.17) is 0 Å². The molecular weight excluding hydrogens is 420 g/mol. The van der Waals surface area contributed by atoms with Crippen LogP contribution in [0.1, 0.15) is 36.6 Å². The van der Waals surface area contributed by atoms with Crippen LogP contribution in [0.4, 0.5) is 0 Å². The lowest BCUT2D eigenvalue weighted by Gasteiger charge is -2.13. The second kappa shape index (κ2) is 13.3. The summed E-state index contributed by atoms with van der Waals surface area (Å²) in [5.41, 5.74) is 2.31. The molecular formula is C24H32N6O3. The maximum absolute atomic E-state index is 12.6. The van der Waals surface area contributed by atoms with Crippen molar-refractivity contribution in [3.8, 4) is 0 Å². The smallest absolute Gasteiger partial charge is 0.252 e. The maximum Gasteiger partial charge on any atom is 0.252 e. The molecule has 3 amide bonds. The molecule has 1 heterocycles. The molecule has 0 saturated carbocycles. The number of amides is 3. The Morgan fingerprint density at radius 2 is 0.848 bits per heavy atom. The van der Waals surface area contributed by atoms with Gasteiger partial charge in [-0.15, -0.1) is 0 Å². The van der Waals surface area contributed by atoms with E-state index in [0.29, 0.717) is 62.5 Å². The second-order valence-electron chi connectivity index (χ2n) is 7.65. The Balaban J connectivity index is 1.60. The van der Waals surface area contributed by atoms with Crippen molar-refractivity contribution in [3.05, 3.63) is 70.8 Å². The van der Waals surface area contributed by atoms with Crippen molar-refractivity contribution in [1.82, 2.24) is 31.9 Å². The van der Waals surface area contributed by atoms with Gasteiger partial charge in [-0.25, -0.2) is 0 Å². The summed E-state index contributed by atoms with van der Waals surface area (Å²) in [4.78, 5) is 37.7. The lowest BCUT2D eigenvalue weighted by atomic mass is 10.1. The van der Waals surface area contributed by atoms with Crippen LogP contribution in [0.3, 0.4) is 0 Å². The Labute approximate surface area is 194 Å². The minimum absolute atomic E-state index is 0.102.